The molecule has 0 amide bonds. The molecule has 1 aliphatic carbocycles. The SMILES string of the molecule is Oc1c([Si](c2ccccc2)(c2ccccc2)c2ccccc2)cc2ccccc2c1/C=N/C1CCCCC1. The van der Waals surface area contributed by atoms with Gasteiger partial charge in [-0.05, 0) is 44.4 Å². The van der Waals surface area contributed by atoms with Crippen LogP contribution in [0.15, 0.2) is 126 Å². The lowest BCUT2D eigenvalue weighted by Gasteiger charge is -2.35. The zero-order valence-electron chi connectivity index (χ0n) is 21.6. The molecule has 1 aliphatic rings. The van der Waals surface area contributed by atoms with E-state index >= 15 is 0 Å². The van der Waals surface area contributed by atoms with Crippen molar-refractivity contribution in [2.45, 2.75) is 38.1 Å². The van der Waals surface area contributed by atoms with Crippen LogP contribution < -0.4 is 20.7 Å². The van der Waals surface area contributed by atoms with Gasteiger partial charge in [0, 0.05) is 17.8 Å². The molecule has 2 nitrogen and oxygen atoms in total. The number of aliphatic imine (C=N–C) groups is 1. The van der Waals surface area contributed by atoms with Crippen molar-refractivity contribution in [3.8, 4) is 5.75 Å². The van der Waals surface area contributed by atoms with Crippen molar-refractivity contribution in [2.24, 2.45) is 4.99 Å². The number of phenolic OH excluding ortho intramolecular Hbond substituents is 1. The van der Waals surface area contributed by atoms with Crippen molar-refractivity contribution in [1.82, 2.24) is 0 Å². The molecule has 5 aromatic rings. The minimum Gasteiger partial charge on any atom is -0.507 e. The number of hydrogen-bond donors (Lipinski definition) is 1. The summed E-state index contributed by atoms with van der Waals surface area (Å²) in [5.41, 5.74) is 0.836. The fourth-order valence-electron chi connectivity index (χ4n) is 6.22. The van der Waals surface area contributed by atoms with Gasteiger partial charge in [-0.15, -0.1) is 0 Å². The van der Waals surface area contributed by atoms with Gasteiger partial charge < -0.3 is 5.11 Å². The molecule has 3 heteroatoms. The van der Waals surface area contributed by atoms with Crippen molar-refractivity contribution in [3.05, 3.63) is 127 Å². The van der Waals surface area contributed by atoms with Crippen LogP contribution in [0.4, 0.5) is 0 Å². The maximum Gasteiger partial charge on any atom is 0.184 e. The molecular formula is C35H33NOSi. The monoisotopic (exact) mass is 511 g/mol. The Balaban J connectivity index is 1.69. The highest BCUT2D eigenvalue weighted by molar-refractivity contribution is 7.20. The van der Waals surface area contributed by atoms with Crippen LogP contribution in [0, 0.1) is 0 Å². The third kappa shape index (κ3) is 4.37. The number of rotatable bonds is 6. The maximum absolute atomic E-state index is 12.3. The van der Waals surface area contributed by atoms with Gasteiger partial charge in [-0.2, -0.15) is 0 Å². The zero-order chi connectivity index (χ0) is 25.8. The molecule has 188 valence electrons. The van der Waals surface area contributed by atoms with Crippen LogP contribution in [0.3, 0.4) is 0 Å². The van der Waals surface area contributed by atoms with Crippen molar-refractivity contribution in [3.63, 3.8) is 0 Å². The molecule has 38 heavy (non-hydrogen) atoms. The Bertz CT molecular complexity index is 1440. The predicted molar refractivity (Wildman–Crippen MR) is 164 cm³/mol. The molecule has 5 aromatic carbocycles. The van der Waals surface area contributed by atoms with E-state index in [9.17, 15) is 5.11 Å². The molecule has 0 spiro atoms. The zero-order valence-corrected chi connectivity index (χ0v) is 22.6. The summed E-state index contributed by atoms with van der Waals surface area (Å²) in [4.78, 5) is 5.04. The minimum absolute atomic E-state index is 0.338. The Morgan fingerprint density at radius 3 is 1.68 bits per heavy atom. The molecule has 0 saturated heterocycles. The molecule has 0 radical (unpaired) electrons. The standard InChI is InChI=1S/C35H33NOSi/c37-35-33(26-36-28-16-5-1-6-17-28)32-24-14-13-15-27(32)25-34(35)38(29-18-7-2-8-19-29,30-20-9-3-10-21-30)31-22-11-4-12-23-31/h2-4,7-15,18-26,28,37H,1,5-6,16-17H2/b36-26+. The smallest absolute Gasteiger partial charge is 0.184 e. The predicted octanol–water partition coefficient (Wildman–Crippen LogP) is 5.67. The summed E-state index contributed by atoms with van der Waals surface area (Å²) < 4.78 is 0. The second-order valence-electron chi connectivity index (χ2n) is 10.3. The lowest BCUT2D eigenvalue weighted by atomic mass is 9.96. The first-order chi connectivity index (χ1) is 18.8. The lowest BCUT2D eigenvalue weighted by Crippen LogP contribution is -2.74. The third-order valence-electron chi connectivity index (χ3n) is 8.07. The Labute approximate surface area is 226 Å². The van der Waals surface area contributed by atoms with Gasteiger partial charge in [0.1, 0.15) is 5.75 Å². The Morgan fingerprint density at radius 2 is 1.13 bits per heavy atom. The quantitative estimate of drug-likeness (QED) is 0.178. The molecule has 0 unspecified atom stereocenters. The molecule has 1 N–H and O–H groups in total. The number of phenols is 1. The molecule has 1 saturated carbocycles. The number of nitrogens with zero attached hydrogens (tertiary/aromatic N) is 1. The van der Waals surface area contributed by atoms with E-state index in [4.69, 9.17) is 4.99 Å². The summed E-state index contributed by atoms with van der Waals surface area (Å²) in [6, 6.07) is 43.3. The van der Waals surface area contributed by atoms with Gasteiger partial charge in [0.15, 0.2) is 8.07 Å². The average molecular weight is 512 g/mol. The average Bonchev–Trinajstić information content (AvgIpc) is 3.00. The highest BCUT2D eigenvalue weighted by atomic mass is 28.3. The Morgan fingerprint density at radius 1 is 0.632 bits per heavy atom. The van der Waals surface area contributed by atoms with E-state index in [2.05, 4.69) is 121 Å². The van der Waals surface area contributed by atoms with E-state index in [0.29, 0.717) is 11.8 Å². The molecule has 1 fully saturated rings. The van der Waals surface area contributed by atoms with Gasteiger partial charge >= 0.3 is 0 Å². The molecule has 6 rings (SSSR count). The number of fused-ring (bicyclic) bond motifs is 1. The third-order valence-corrected chi connectivity index (χ3v) is 12.9. The van der Waals surface area contributed by atoms with E-state index in [0.717, 1.165) is 34.4 Å². The normalized spacial score (nSPS) is 14.7. The summed E-state index contributed by atoms with van der Waals surface area (Å²) >= 11 is 0. The van der Waals surface area contributed by atoms with Crippen LogP contribution in [-0.4, -0.2) is 25.4 Å². The van der Waals surface area contributed by atoms with Crippen LogP contribution in [-0.2, 0) is 0 Å². The van der Waals surface area contributed by atoms with Gasteiger partial charge in [0.05, 0.1) is 0 Å². The van der Waals surface area contributed by atoms with E-state index < -0.39 is 8.07 Å². The highest BCUT2D eigenvalue weighted by Crippen LogP contribution is 2.28. The molecule has 0 atom stereocenters. The second-order valence-corrected chi connectivity index (χ2v) is 14.1. The molecule has 0 aromatic heterocycles. The van der Waals surface area contributed by atoms with Crippen LogP contribution in [0.5, 0.6) is 5.75 Å². The Kier molecular flexibility index (Phi) is 6.93. The van der Waals surface area contributed by atoms with Crippen molar-refractivity contribution < 1.29 is 5.11 Å². The summed E-state index contributed by atoms with van der Waals surface area (Å²) in [6.07, 6.45) is 8.01. The van der Waals surface area contributed by atoms with Crippen LogP contribution in [0.1, 0.15) is 37.7 Å². The number of benzene rings is 5. The van der Waals surface area contributed by atoms with Crippen molar-refractivity contribution in [1.29, 1.82) is 0 Å². The summed E-state index contributed by atoms with van der Waals surface area (Å²) in [7, 11) is -2.87. The first-order valence-corrected chi connectivity index (χ1v) is 15.7. The Hall–Kier alpha value is -3.95. The summed E-state index contributed by atoms with van der Waals surface area (Å²) in [5, 5.41) is 19.2. The van der Waals surface area contributed by atoms with E-state index in [-0.39, 0.29) is 0 Å². The van der Waals surface area contributed by atoms with Gasteiger partial charge in [0.2, 0.25) is 0 Å². The van der Waals surface area contributed by atoms with Gasteiger partial charge in [-0.25, -0.2) is 0 Å². The van der Waals surface area contributed by atoms with Gasteiger partial charge in [0.25, 0.3) is 0 Å². The first-order valence-electron chi connectivity index (χ1n) is 13.7. The number of aromatic hydroxyl groups is 1. The lowest BCUT2D eigenvalue weighted by molar-refractivity contribution is 0.444. The largest absolute Gasteiger partial charge is 0.507 e. The van der Waals surface area contributed by atoms with Gasteiger partial charge in [-0.3, -0.25) is 4.99 Å². The first kappa shape index (κ1) is 24.4. The minimum atomic E-state index is -2.87. The van der Waals surface area contributed by atoms with Gasteiger partial charge in [-0.1, -0.05) is 141 Å². The molecule has 0 bridgehead atoms. The summed E-state index contributed by atoms with van der Waals surface area (Å²) in [6.45, 7) is 0. The van der Waals surface area contributed by atoms with Crippen LogP contribution >= 0.6 is 0 Å². The molecule has 0 heterocycles. The van der Waals surface area contributed by atoms with Crippen LogP contribution in [0.25, 0.3) is 10.8 Å². The summed E-state index contributed by atoms with van der Waals surface area (Å²) in [5.74, 6) is 0.353. The van der Waals surface area contributed by atoms with E-state index in [1.54, 1.807) is 0 Å². The maximum atomic E-state index is 12.3. The van der Waals surface area contributed by atoms with E-state index in [1.165, 1.54) is 34.8 Å². The fourth-order valence-corrected chi connectivity index (χ4v) is 11.1. The topological polar surface area (TPSA) is 32.6 Å². The number of hydrogen-bond acceptors (Lipinski definition) is 2. The molecular weight excluding hydrogens is 478 g/mol. The van der Waals surface area contributed by atoms with E-state index in [1.807, 2.05) is 6.21 Å². The van der Waals surface area contributed by atoms with Crippen molar-refractivity contribution >= 4 is 45.8 Å². The molecule has 0 aliphatic heterocycles. The fraction of sp³-hybridized carbons (Fsp3) is 0.171. The second kappa shape index (κ2) is 10.8. The van der Waals surface area contributed by atoms with Crippen molar-refractivity contribution in [2.75, 3.05) is 0 Å². The van der Waals surface area contributed by atoms with Crippen LogP contribution in [0.2, 0.25) is 0 Å². The highest BCUT2D eigenvalue weighted by Gasteiger charge is 2.43.